The Morgan fingerprint density at radius 1 is 1.10 bits per heavy atom. The van der Waals surface area contributed by atoms with Gasteiger partial charge in [0.1, 0.15) is 5.75 Å². The van der Waals surface area contributed by atoms with Gasteiger partial charge in [0.05, 0.1) is 18.6 Å². The number of hydrogen-bond donors (Lipinski definition) is 1. The number of ketones is 1. The van der Waals surface area contributed by atoms with Gasteiger partial charge in [-0.25, -0.2) is 8.42 Å². The number of aromatic nitrogens is 1. The minimum Gasteiger partial charge on any atom is -0.496 e. The van der Waals surface area contributed by atoms with E-state index in [1.165, 1.54) is 4.31 Å². The summed E-state index contributed by atoms with van der Waals surface area (Å²) in [5.41, 5.74) is 2.39. The number of piperazine rings is 1. The molecule has 0 radical (unpaired) electrons. The third-order valence-electron chi connectivity index (χ3n) is 5.59. The fraction of sp³-hybridized carbons (Fsp3) is 0.318. The summed E-state index contributed by atoms with van der Waals surface area (Å²) < 4.78 is 32.7. The molecule has 4 rings (SSSR count). The Balaban J connectivity index is 1.41. The van der Waals surface area contributed by atoms with E-state index in [1.54, 1.807) is 31.5 Å². The molecule has 8 heteroatoms. The molecule has 0 atom stereocenters. The number of nitrogens with one attached hydrogen (secondary N) is 1. The highest BCUT2D eigenvalue weighted by Crippen LogP contribution is 2.25. The lowest BCUT2D eigenvalue weighted by Gasteiger charge is -2.33. The molecule has 1 aliphatic heterocycles. The number of benzene rings is 2. The maximum absolute atomic E-state index is 13.0. The van der Waals surface area contributed by atoms with Crippen molar-refractivity contribution in [3.63, 3.8) is 0 Å². The number of aryl methyl sites for hydroxylation is 1. The molecular formula is C22H25N3O4S. The van der Waals surface area contributed by atoms with Crippen molar-refractivity contribution in [2.45, 2.75) is 11.8 Å². The monoisotopic (exact) mass is 427 g/mol. The van der Waals surface area contributed by atoms with Crippen LogP contribution in [0.1, 0.15) is 15.9 Å². The number of para-hydroxylation sites is 1. The van der Waals surface area contributed by atoms with Gasteiger partial charge in [-0.3, -0.25) is 9.69 Å². The van der Waals surface area contributed by atoms with Crippen molar-refractivity contribution in [2.75, 3.05) is 39.8 Å². The number of sulfonamides is 1. The van der Waals surface area contributed by atoms with Crippen LogP contribution in [0.15, 0.2) is 53.6 Å². The van der Waals surface area contributed by atoms with Gasteiger partial charge in [0.25, 0.3) is 0 Å². The van der Waals surface area contributed by atoms with E-state index in [0.717, 1.165) is 16.5 Å². The number of nitrogens with zero attached hydrogens (tertiary/aromatic N) is 2. The minimum absolute atomic E-state index is 0.0366. The van der Waals surface area contributed by atoms with Crippen LogP contribution in [0, 0.1) is 6.92 Å². The van der Waals surface area contributed by atoms with Gasteiger partial charge < -0.3 is 9.72 Å². The van der Waals surface area contributed by atoms with Crippen LogP contribution in [-0.4, -0.2) is 68.2 Å². The summed E-state index contributed by atoms with van der Waals surface area (Å²) in [6, 6.07) is 12.6. The number of carbonyl (C=O) groups excluding carboxylic acids is 1. The van der Waals surface area contributed by atoms with E-state index in [-0.39, 0.29) is 17.2 Å². The zero-order chi connectivity index (χ0) is 21.3. The maximum Gasteiger partial charge on any atom is 0.243 e. The van der Waals surface area contributed by atoms with Crippen LogP contribution < -0.4 is 4.74 Å². The van der Waals surface area contributed by atoms with Crippen LogP contribution in [0.4, 0.5) is 0 Å². The highest BCUT2D eigenvalue weighted by Gasteiger charge is 2.29. The van der Waals surface area contributed by atoms with Gasteiger partial charge in [-0.1, -0.05) is 18.2 Å². The van der Waals surface area contributed by atoms with Gasteiger partial charge in [-0.05, 0) is 36.8 Å². The molecule has 2 heterocycles. The van der Waals surface area contributed by atoms with Crippen LogP contribution in [0.3, 0.4) is 0 Å². The molecule has 0 unspecified atom stereocenters. The average Bonchev–Trinajstić information content (AvgIpc) is 3.18. The van der Waals surface area contributed by atoms with Gasteiger partial charge in [-0.15, -0.1) is 0 Å². The smallest absolute Gasteiger partial charge is 0.243 e. The number of rotatable bonds is 6. The van der Waals surface area contributed by atoms with Crippen LogP contribution >= 0.6 is 0 Å². The van der Waals surface area contributed by atoms with Crippen molar-refractivity contribution >= 4 is 26.7 Å². The Morgan fingerprint density at radius 2 is 1.83 bits per heavy atom. The molecule has 0 saturated carbocycles. The van der Waals surface area contributed by atoms with Crippen molar-refractivity contribution in [1.29, 1.82) is 0 Å². The second-order valence-corrected chi connectivity index (χ2v) is 9.42. The lowest BCUT2D eigenvalue weighted by Crippen LogP contribution is -2.49. The summed E-state index contributed by atoms with van der Waals surface area (Å²) in [5.74, 6) is 0.698. The molecule has 0 aliphatic carbocycles. The Bertz CT molecular complexity index is 1180. The average molecular weight is 428 g/mol. The van der Waals surface area contributed by atoms with Crippen molar-refractivity contribution in [2.24, 2.45) is 0 Å². The first-order valence-electron chi connectivity index (χ1n) is 9.86. The summed E-state index contributed by atoms with van der Waals surface area (Å²) in [6.07, 6.45) is 1.75. The van der Waals surface area contributed by atoms with Gasteiger partial charge in [-0.2, -0.15) is 4.31 Å². The topological polar surface area (TPSA) is 82.7 Å². The second kappa shape index (κ2) is 8.22. The second-order valence-electron chi connectivity index (χ2n) is 7.48. The van der Waals surface area contributed by atoms with Gasteiger partial charge in [0, 0.05) is 48.8 Å². The van der Waals surface area contributed by atoms with Crippen LogP contribution in [-0.2, 0) is 10.0 Å². The molecule has 1 fully saturated rings. The lowest BCUT2D eigenvalue weighted by atomic mass is 10.1. The number of carbonyl (C=O) groups is 1. The highest BCUT2D eigenvalue weighted by molar-refractivity contribution is 7.89. The summed E-state index contributed by atoms with van der Waals surface area (Å²) in [5, 5.41) is 0.915. The van der Waals surface area contributed by atoms with Crippen molar-refractivity contribution < 1.29 is 17.9 Å². The largest absolute Gasteiger partial charge is 0.496 e. The number of fused-ring (bicyclic) bond motifs is 1. The molecule has 0 amide bonds. The SMILES string of the molecule is COc1ccc(S(=O)(=O)N2CCN(CC(=O)c3c[nH]c4ccccc34)CC2)cc1C. The highest BCUT2D eigenvalue weighted by atomic mass is 32.2. The van der Waals surface area contributed by atoms with Crippen molar-refractivity contribution in [3.8, 4) is 5.75 Å². The number of aromatic amines is 1. The van der Waals surface area contributed by atoms with Gasteiger partial charge in [0.2, 0.25) is 10.0 Å². The first-order chi connectivity index (χ1) is 14.4. The first kappa shape index (κ1) is 20.6. The van der Waals surface area contributed by atoms with Crippen LogP contribution in [0.25, 0.3) is 10.9 Å². The molecular weight excluding hydrogens is 402 g/mol. The molecule has 1 saturated heterocycles. The van der Waals surface area contributed by atoms with E-state index in [0.29, 0.717) is 37.5 Å². The van der Waals surface area contributed by atoms with Gasteiger partial charge >= 0.3 is 0 Å². The number of hydrogen-bond acceptors (Lipinski definition) is 5. The van der Waals surface area contributed by atoms with E-state index in [4.69, 9.17) is 4.74 Å². The zero-order valence-electron chi connectivity index (χ0n) is 17.1. The Labute approximate surface area is 176 Å². The predicted molar refractivity (Wildman–Crippen MR) is 116 cm³/mol. The number of Topliss-reactive ketones (excluding diaryl/α,β-unsaturated/α-hetero) is 1. The van der Waals surface area contributed by atoms with E-state index in [9.17, 15) is 13.2 Å². The Kier molecular flexibility index (Phi) is 5.64. The fourth-order valence-corrected chi connectivity index (χ4v) is 5.39. The minimum atomic E-state index is -3.57. The predicted octanol–water partition coefficient (Wildman–Crippen LogP) is 2.67. The Hall–Kier alpha value is -2.68. The standard InChI is InChI=1S/C22H25N3O4S/c1-16-13-17(7-8-22(16)29-2)30(27,28)25-11-9-24(10-12-25)15-21(26)19-14-23-20-6-4-3-5-18(19)20/h3-8,13-14,23H,9-12,15H2,1-2H3. The summed E-state index contributed by atoms with van der Waals surface area (Å²) in [7, 11) is -2.01. The molecule has 30 heavy (non-hydrogen) atoms. The molecule has 0 spiro atoms. The third-order valence-corrected chi connectivity index (χ3v) is 7.49. The van der Waals surface area contributed by atoms with E-state index in [1.807, 2.05) is 36.1 Å². The van der Waals surface area contributed by atoms with E-state index >= 15 is 0 Å². The molecule has 158 valence electrons. The quantitative estimate of drug-likeness (QED) is 0.612. The summed E-state index contributed by atoms with van der Waals surface area (Å²) in [4.78, 5) is 18.2. The number of methoxy groups -OCH3 is 1. The summed E-state index contributed by atoms with van der Waals surface area (Å²) in [6.45, 7) is 3.84. The van der Waals surface area contributed by atoms with Crippen molar-refractivity contribution in [1.82, 2.24) is 14.2 Å². The number of H-pyrrole nitrogens is 1. The number of ether oxygens (including phenoxy) is 1. The lowest BCUT2D eigenvalue weighted by molar-refractivity contribution is 0.0903. The molecule has 1 aromatic heterocycles. The van der Waals surface area contributed by atoms with E-state index < -0.39 is 10.0 Å². The Morgan fingerprint density at radius 3 is 2.53 bits per heavy atom. The molecule has 0 bridgehead atoms. The van der Waals surface area contributed by atoms with Crippen LogP contribution in [0.2, 0.25) is 0 Å². The molecule has 1 N–H and O–H groups in total. The molecule has 3 aromatic rings. The fourth-order valence-electron chi connectivity index (χ4n) is 3.88. The normalized spacial score (nSPS) is 16.1. The van der Waals surface area contributed by atoms with Crippen LogP contribution in [0.5, 0.6) is 5.75 Å². The van der Waals surface area contributed by atoms with Gasteiger partial charge in [0.15, 0.2) is 5.78 Å². The zero-order valence-corrected chi connectivity index (χ0v) is 17.9. The van der Waals surface area contributed by atoms with Crippen molar-refractivity contribution in [3.05, 3.63) is 59.8 Å². The summed E-state index contributed by atoms with van der Waals surface area (Å²) >= 11 is 0. The van der Waals surface area contributed by atoms with E-state index in [2.05, 4.69) is 4.98 Å². The third kappa shape index (κ3) is 3.86. The molecule has 1 aliphatic rings. The first-order valence-corrected chi connectivity index (χ1v) is 11.3. The molecule has 7 nitrogen and oxygen atoms in total. The maximum atomic E-state index is 13.0. The molecule has 2 aromatic carbocycles.